The van der Waals surface area contributed by atoms with Crippen LogP contribution in [0.15, 0.2) is 36.7 Å². The summed E-state index contributed by atoms with van der Waals surface area (Å²) in [6.07, 6.45) is 3.49. The van der Waals surface area contributed by atoms with Gasteiger partial charge >= 0.3 is 0 Å². The molecule has 0 amide bonds. The van der Waals surface area contributed by atoms with E-state index in [9.17, 15) is 0 Å². The molecular formula is C11H11N3. The highest BCUT2D eigenvalue weighted by Crippen LogP contribution is 2.21. The summed E-state index contributed by atoms with van der Waals surface area (Å²) >= 11 is 0. The maximum Gasteiger partial charge on any atom is 0.132 e. The third kappa shape index (κ3) is 1.57. The number of hydrogen-bond acceptors (Lipinski definition) is 3. The van der Waals surface area contributed by atoms with Crippen molar-refractivity contribution in [1.82, 2.24) is 9.97 Å². The van der Waals surface area contributed by atoms with Crippen LogP contribution in [0.4, 0.5) is 5.82 Å². The van der Waals surface area contributed by atoms with E-state index in [2.05, 4.69) is 9.97 Å². The lowest BCUT2D eigenvalue weighted by molar-refractivity contribution is 1.25. The Morgan fingerprint density at radius 2 is 2.00 bits per heavy atom. The highest BCUT2D eigenvalue weighted by atomic mass is 14.8. The summed E-state index contributed by atoms with van der Waals surface area (Å²) in [5.74, 6) is 0.517. The van der Waals surface area contributed by atoms with Crippen LogP contribution < -0.4 is 5.73 Å². The van der Waals surface area contributed by atoms with Gasteiger partial charge in [-0.1, -0.05) is 6.07 Å². The third-order valence-corrected chi connectivity index (χ3v) is 2.03. The van der Waals surface area contributed by atoms with Crippen LogP contribution >= 0.6 is 0 Å². The van der Waals surface area contributed by atoms with Gasteiger partial charge in [0.2, 0.25) is 0 Å². The van der Waals surface area contributed by atoms with Gasteiger partial charge in [0.1, 0.15) is 5.82 Å². The lowest BCUT2D eigenvalue weighted by Gasteiger charge is -2.03. The minimum Gasteiger partial charge on any atom is -0.383 e. The minimum atomic E-state index is 0.517. The van der Waals surface area contributed by atoms with Crippen molar-refractivity contribution in [2.45, 2.75) is 6.92 Å². The molecule has 2 rings (SSSR count). The van der Waals surface area contributed by atoms with Gasteiger partial charge in [-0.3, -0.25) is 4.98 Å². The SMILES string of the molecule is Cc1ccc(-c2cccnc2N)nc1. The third-order valence-electron chi connectivity index (χ3n) is 2.03. The number of rotatable bonds is 1. The predicted molar refractivity (Wildman–Crippen MR) is 56.6 cm³/mol. The largest absolute Gasteiger partial charge is 0.383 e. The molecule has 2 aromatic heterocycles. The molecule has 14 heavy (non-hydrogen) atoms. The van der Waals surface area contributed by atoms with Crippen LogP contribution in [0.5, 0.6) is 0 Å². The second kappa shape index (κ2) is 3.46. The molecule has 0 saturated heterocycles. The van der Waals surface area contributed by atoms with Crippen LogP contribution in [-0.2, 0) is 0 Å². The summed E-state index contributed by atoms with van der Waals surface area (Å²) in [4.78, 5) is 8.31. The Balaban J connectivity index is 2.50. The van der Waals surface area contributed by atoms with Crippen LogP contribution in [-0.4, -0.2) is 9.97 Å². The molecule has 0 radical (unpaired) electrons. The average Bonchev–Trinajstić information content (AvgIpc) is 2.20. The van der Waals surface area contributed by atoms with Gasteiger partial charge in [0.25, 0.3) is 0 Å². The van der Waals surface area contributed by atoms with Gasteiger partial charge in [-0.05, 0) is 30.7 Å². The standard InChI is InChI=1S/C11H11N3/c1-8-4-5-10(14-7-8)9-3-2-6-13-11(9)12/h2-7H,1H3,(H2,12,13). The first-order valence-corrected chi connectivity index (χ1v) is 4.41. The molecule has 0 spiro atoms. The van der Waals surface area contributed by atoms with Crippen molar-refractivity contribution >= 4 is 5.82 Å². The predicted octanol–water partition coefficient (Wildman–Crippen LogP) is 2.03. The zero-order valence-corrected chi connectivity index (χ0v) is 7.94. The number of aryl methyl sites for hydroxylation is 1. The molecule has 2 aromatic rings. The zero-order chi connectivity index (χ0) is 9.97. The fourth-order valence-electron chi connectivity index (χ4n) is 1.26. The number of pyridine rings is 2. The molecule has 0 bridgehead atoms. The van der Waals surface area contributed by atoms with Crippen molar-refractivity contribution in [3.8, 4) is 11.3 Å². The minimum absolute atomic E-state index is 0.517. The molecule has 2 heterocycles. The lowest BCUT2D eigenvalue weighted by atomic mass is 10.1. The summed E-state index contributed by atoms with van der Waals surface area (Å²) in [6, 6.07) is 7.73. The maximum absolute atomic E-state index is 5.74. The van der Waals surface area contributed by atoms with Gasteiger partial charge in [0, 0.05) is 18.0 Å². The van der Waals surface area contributed by atoms with Crippen molar-refractivity contribution in [3.05, 3.63) is 42.2 Å². The summed E-state index contributed by atoms with van der Waals surface area (Å²) in [7, 11) is 0. The Morgan fingerprint density at radius 1 is 1.14 bits per heavy atom. The van der Waals surface area contributed by atoms with Crippen molar-refractivity contribution in [2.24, 2.45) is 0 Å². The molecular weight excluding hydrogens is 174 g/mol. The first kappa shape index (κ1) is 8.69. The van der Waals surface area contributed by atoms with E-state index in [-0.39, 0.29) is 0 Å². The van der Waals surface area contributed by atoms with Crippen LogP contribution in [0.1, 0.15) is 5.56 Å². The molecule has 0 aromatic carbocycles. The van der Waals surface area contributed by atoms with Gasteiger partial charge in [-0.2, -0.15) is 0 Å². The lowest BCUT2D eigenvalue weighted by Crippen LogP contribution is -1.94. The molecule has 0 fully saturated rings. The maximum atomic E-state index is 5.74. The van der Waals surface area contributed by atoms with Crippen LogP contribution in [0, 0.1) is 6.92 Å². The molecule has 3 heteroatoms. The Morgan fingerprint density at radius 3 is 2.64 bits per heavy atom. The Labute approximate surface area is 82.6 Å². The molecule has 70 valence electrons. The number of aromatic nitrogens is 2. The second-order valence-corrected chi connectivity index (χ2v) is 3.16. The van der Waals surface area contributed by atoms with E-state index in [4.69, 9.17) is 5.73 Å². The van der Waals surface area contributed by atoms with Gasteiger partial charge in [-0.15, -0.1) is 0 Å². The molecule has 0 atom stereocenters. The van der Waals surface area contributed by atoms with Crippen molar-refractivity contribution in [2.75, 3.05) is 5.73 Å². The number of hydrogen-bond donors (Lipinski definition) is 1. The number of nitrogens with two attached hydrogens (primary N) is 1. The molecule has 0 aliphatic rings. The highest BCUT2D eigenvalue weighted by Gasteiger charge is 2.02. The first-order valence-electron chi connectivity index (χ1n) is 4.41. The van der Waals surface area contributed by atoms with E-state index in [0.717, 1.165) is 16.8 Å². The van der Waals surface area contributed by atoms with Gasteiger partial charge in [0.15, 0.2) is 0 Å². The van der Waals surface area contributed by atoms with Gasteiger partial charge in [-0.25, -0.2) is 4.98 Å². The normalized spacial score (nSPS) is 10.1. The Hall–Kier alpha value is -1.90. The highest BCUT2D eigenvalue weighted by molar-refractivity contribution is 5.70. The molecule has 2 N–H and O–H groups in total. The van der Waals surface area contributed by atoms with E-state index in [1.54, 1.807) is 6.20 Å². The molecule has 0 aliphatic heterocycles. The van der Waals surface area contributed by atoms with Crippen LogP contribution in [0.25, 0.3) is 11.3 Å². The second-order valence-electron chi connectivity index (χ2n) is 3.16. The summed E-state index contributed by atoms with van der Waals surface area (Å²) in [5, 5.41) is 0. The van der Waals surface area contributed by atoms with Crippen molar-refractivity contribution < 1.29 is 0 Å². The van der Waals surface area contributed by atoms with E-state index in [0.29, 0.717) is 5.82 Å². The van der Waals surface area contributed by atoms with Gasteiger partial charge < -0.3 is 5.73 Å². The molecule has 0 unspecified atom stereocenters. The fraction of sp³-hybridized carbons (Fsp3) is 0.0909. The quantitative estimate of drug-likeness (QED) is 0.739. The van der Waals surface area contributed by atoms with E-state index in [1.165, 1.54) is 0 Å². The number of nitrogen functional groups attached to an aromatic ring is 1. The van der Waals surface area contributed by atoms with Crippen LogP contribution in [0.3, 0.4) is 0 Å². The zero-order valence-electron chi connectivity index (χ0n) is 7.94. The summed E-state index contributed by atoms with van der Waals surface area (Å²) in [5.41, 5.74) is 8.62. The molecule has 3 nitrogen and oxygen atoms in total. The van der Waals surface area contributed by atoms with E-state index >= 15 is 0 Å². The summed E-state index contributed by atoms with van der Waals surface area (Å²) < 4.78 is 0. The summed E-state index contributed by atoms with van der Waals surface area (Å²) in [6.45, 7) is 2.00. The van der Waals surface area contributed by atoms with E-state index in [1.807, 2.05) is 37.4 Å². The monoisotopic (exact) mass is 185 g/mol. The molecule has 0 aliphatic carbocycles. The first-order chi connectivity index (χ1) is 6.77. The fourth-order valence-corrected chi connectivity index (χ4v) is 1.26. The number of nitrogens with zero attached hydrogens (tertiary/aromatic N) is 2. The van der Waals surface area contributed by atoms with Gasteiger partial charge in [0.05, 0.1) is 5.69 Å². The topological polar surface area (TPSA) is 51.8 Å². The van der Waals surface area contributed by atoms with Crippen molar-refractivity contribution in [1.29, 1.82) is 0 Å². The Bertz CT molecular complexity index is 435. The molecule has 0 saturated carbocycles. The van der Waals surface area contributed by atoms with Crippen molar-refractivity contribution in [3.63, 3.8) is 0 Å². The van der Waals surface area contributed by atoms with E-state index < -0.39 is 0 Å². The van der Waals surface area contributed by atoms with Crippen LogP contribution in [0.2, 0.25) is 0 Å². The average molecular weight is 185 g/mol. The number of anilines is 1. The Kier molecular flexibility index (Phi) is 2.14. The smallest absolute Gasteiger partial charge is 0.132 e.